The number of benzene rings is 4. The van der Waals surface area contributed by atoms with Crippen molar-refractivity contribution in [1.29, 1.82) is 0 Å². The van der Waals surface area contributed by atoms with E-state index in [9.17, 15) is 9.18 Å². The molecule has 0 radical (unpaired) electrons. The van der Waals surface area contributed by atoms with E-state index >= 15 is 0 Å². The first-order valence-corrected chi connectivity index (χ1v) is 14.0. The SMILES string of the molecule is Cc1ccccc1C1c2ccccc2CC(C)N1CC(=O)N(Cc1ccccc1F)C1Cc2ccccc2C1. The Morgan fingerprint density at radius 2 is 1.38 bits per heavy atom. The molecule has 0 N–H and O–H groups in total. The van der Waals surface area contributed by atoms with E-state index in [1.807, 2.05) is 11.0 Å². The van der Waals surface area contributed by atoms with Gasteiger partial charge >= 0.3 is 0 Å². The van der Waals surface area contributed by atoms with Gasteiger partial charge in [0, 0.05) is 24.2 Å². The molecule has 0 bridgehead atoms. The summed E-state index contributed by atoms with van der Waals surface area (Å²) in [6.07, 6.45) is 2.50. The van der Waals surface area contributed by atoms with Crippen molar-refractivity contribution in [3.05, 3.63) is 142 Å². The number of hydrogen-bond acceptors (Lipinski definition) is 2. The lowest BCUT2D eigenvalue weighted by molar-refractivity contribution is -0.136. The minimum atomic E-state index is -0.260. The van der Waals surface area contributed by atoms with Crippen LogP contribution in [-0.2, 0) is 30.6 Å². The van der Waals surface area contributed by atoms with Gasteiger partial charge in [0.25, 0.3) is 0 Å². The highest BCUT2D eigenvalue weighted by molar-refractivity contribution is 5.79. The van der Waals surface area contributed by atoms with Crippen molar-refractivity contribution < 1.29 is 9.18 Å². The maximum absolute atomic E-state index is 14.8. The predicted molar refractivity (Wildman–Crippen MR) is 154 cm³/mol. The lowest BCUT2D eigenvalue weighted by atomic mass is 9.83. The summed E-state index contributed by atoms with van der Waals surface area (Å²) < 4.78 is 14.8. The number of aryl methyl sites for hydroxylation is 1. The van der Waals surface area contributed by atoms with Gasteiger partial charge in [-0.15, -0.1) is 0 Å². The molecule has 4 aromatic rings. The summed E-state index contributed by atoms with van der Waals surface area (Å²) in [7, 11) is 0. The van der Waals surface area contributed by atoms with E-state index < -0.39 is 0 Å². The van der Waals surface area contributed by atoms with Crippen LogP contribution in [0.4, 0.5) is 4.39 Å². The van der Waals surface area contributed by atoms with Crippen molar-refractivity contribution in [2.75, 3.05) is 6.54 Å². The third-order valence-electron chi connectivity index (χ3n) is 8.65. The number of nitrogens with zero attached hydrogens (tertiary/aromatic N) is 2. The molecule has 2 aliphatic rings. The first-order chi connectivity index (χ1) is 19.0. The van der Waals surface area contributed by atoms with Crippen molar-refractivity contribution in [2.45, 2.75) is 57.8 Å². The van der Waals surface area contributed by atoms with Crippen molar-refractivity contribution in [1.82, 2.24) is 9.80 Å². The van der Waals surface area contributed by atoms with Crippen LogP contribution in [0.5, 0.6) is 0 Å². The number of amides is 1. The smallest absolute Gasteiger partial charge is 0.237 e. The molecule has 0 fully saturated rings. The lowest BCUT2D eigenvalue weighted by Gasteiger charge is -2.43. The fourth-order valence-electron chi connectivity index (χ4n) is 6.58. The summed E-state index contributed by atoms with van der Waals surface area (Å²) in [5.41, 5.74) is 8.20. The second-order valence-electron chi connectivity index (χ2n) is 11.1. The molecule has 0 aromatic heterocycles. The Bertz CT molecular complexity index is 1470. The largest absolute Gasteiger partial charge is 0.333 e. The van der Waals surface area contributed by atoms with Crippen LogP contribution in [0.2, 0.25) is 0 Å². The maximum Gasteiger partial charge on any atom is 0.237 e. The van der Waals surface area contributed by atoms with Gasteiger partial charge in [-0.2, -0.15) is 0 Å². The lowest BCUT2D eigenvalue weighted by Crippen LogP contribution is -2.51. The number of hydrogen-bond donors (Lipinski definition) is 0. The van der Waals surface area contributed by atoms with Crippen molar-refractivity contribution in [3.63, 3.8) is 0 Å². The van der Waals surface area contributed by atoms with Crippen LogP contribution < -0.4 is 0 Å². The molecular formula is C35H35FN2O. The molecule has 1 amide bonds. The molecular weight excluding hydrogens is 483 g/mol. The number of carbonyl (C=O) groups excluding carboxylic acids is 1. The summed E-state index contributed by atoms with van der Waals surface area (Å²) >= 11 is 0. The van der Waals surface area contributed by atoms with Gasteiger partial charge in [0.15, 0.2) is 0 Å². The number of rotatable bonds is 6. The zero-order valence-electron chi connectivity index (χ0n) is 22.7. The molecule has 0 spiro atoms. The van der Waals surface area contributed by atoms with Crippen LogP contribution in [0.1, 0.15) is 51.9 Å². The van der Waals surface area contributed by atoms with Crippen LogP contribution in [-0.4, -0.2) is 34.3 Å². The Morgan fingerprint density at radius 3 is 2.08 bits per heavy atom. The fraction of sp³-hybridized carbons (Fsp3) is 0.286. The molecule has 4 heteroatoms. The zero-order valence-corrected chi connectivity index (χ0v) is 22.7. The highest BCUT2D eigenvalue weighted by Crippen LogP contribution is 2.39. The van der Waals surface area contributed by atoms with E-state index in [1.165, 1.54) is 39.4 Å². The molecule has 1 aliphatic heterocycles. The van der Waals surface area contributed by atoms with E-state index in [0.29, 0.717) is 5.56 Å². The van der Waals surface area contributed by atoms with E-state index in [4.69, 9.17) is 0 Å². The van der Waals surface area contributed by atoms with Gasteiger partial charge in [-0.1, -0.05) is 91.0 Å². The van der Waals surface area contributed by atoms with E-state index in [0.717, 1.165) is 19.3 Å². The predicted octanol–water partition coefficient (Wildman–Crippen LogP) is 6.67. The number of halogens is 1. The van der Waals surface area contributed by atoms with Gasteiger partial charge in [-0.3, -0.25) is 9.69 Å². The van der Waals surface area contributed by atoms with Gasteiger partial charge in [0.1, 0.15) is 5.82 Å². The molecule has 2 unspecified atom stereocenters. The first kappa shape index (κ1) is 25.5. The summed E-state index contributed by atoms with van der Waals surface area (Å²) in [5, 5.41) is 0. The molecule has 39 heavy (non-hydrogen) atoms. The normalized spacial score (nSPS) is 18.9. The molecule has 198 valence electrons. The van der Waals surface area contributed by atoms with Gasteiger partial charge in [0.2, 0.25) is 5.91 Å². The van der Waals surface area contributed by atoms with Crippen LogP contribution in [0.25, 0.3) is 0 Å². The van der Waals surface area contributed by atoms with Gasteiger partial charge < -0.3 is 4.90 Å². The molecule has 2 atom stereocenters. The highest BCUT2D eigenvalue weighted by atomic mass is 19.1. The van der Waals surface area contributed by atoms with Crippen LogP contribution in [0.15, 0.2) is 97.1 Å². The molecule has 0 saturated carbocycles. The van der Waals surface area contributed by atoms with Crippen LogP contribution >= 0.6 is 0 Å². The summed E-state index contributed by atoms with van der Waals surface area (Å²) in [5.74, 6) is -0.204. The third-order valence-corrected chi connectivity index (χ3v) is 8.65. The Kier molecular flexibility index (Phi) is 7.05. The van der Waals surface area contributed by atoms with Crippen molar-refractivity contribution in [3.8, 4) is 0 Å². The van der Waals surface area contributed by atoms with E-state index in [-0.39, 0.29) is 42.9 Å². The molecule has 1 aliphatic carbocycles. The first-order valence-electron chi connectivity index (χ1n) is 14.0. The van der Waals surface area contributed by atoms with Crippen molar-refractivity contribution in [2.24, 2.45) is 0 Å². The molecule has 6 rings (SSSR count). The topological polar surface area (TPSA) is 23.6 Å². The summed E-state index contributed by atoms with van der Waals surface area (Å²) in [4.78, 5) is 18.7. The van der Waals surface area contributed by atoms with Gasteiger partial charge in [-0.25, -0.2) is 4.39 Å². The zero-order chi connectivity index (χ0) is 26.9. The van der Waals surface area contributed by atoms with Gasteiger partial charge in [-0.05, 0) is 72.6 Å². The molecule has 4 aromatic carbocycles. The standard InChI is InChI=1S/C35H35FN2O/c1-24-11-3-8-16-31(24)35-32-17-9-6-14-28(32)19-25(2)37(35)23-34(39)38(22-29-15-7-10-18-33(29)36)30-20-26-12-4-5-13-27(26)21-30/h3-18,25,30,35H,19-23H2,1-2H3. The van der Waals surface area contributed by atoms with E-state index in [1.54, 1.807) is 12.1 Å². The average molecular weight is 519 g/mol. The van der Waals surface area contributed by atoms with Gasteiger partial charge in [0.05, 0.1) is 12.6 Å². The van der Waals surface area contributed by atoms with Crippen LogP contribution in [0.3, 0.4) is 0 Å². The minimum absolute atomic E-state index is 0.00816. The Labute approximate surface area is 230 Å². The number of fused-ring (bicyclic) bond motifs is 2. The van der Waals surface area contributed by atoms with Crippen LogP contribution in [0, 0.1) is 12.7 Å². The maximum atomic E-state index is 14.8. The monoisotopic (exact) mass is 518 g/mol. The Morgan fingerprint density at radius 1 is 0.795 bits per heavy atom. The second kappa shape index (κ2) is 10.8. The average Bonchev–Trinajstić information content (AvgIpc) is 3.37. The third kappa shape index (κ3) is 5.02. The fourth-order valence-corrected chi connectivity index (χ4v) is 6.58. The molecule has 0 saturated heterocycles. The Hall–Kier alpha value is -3.76. The van der Waals surface area contributed by atoms with E-state index in [2.05, 4.69) is 91.5 Å². The summed E-state index contributed by atoms with van der Waals surface area (Å²) in [6.45, 7) is 4.94. The second-order valence-corrected chi connectivity index (χ2v) is 11.1. The summed E-state index contributed by atoms with van der Waals surface area (Å²) in [6, 6.07) is 32.6. The molecule has 1 heterocycles. The molecule has 3 nitrogen and oxygen atoms in total. The minimum Gasteiger partial charge on any atom is -0.333 e. The highest BCUT2D eigenvalue weighted by Gasteiger charge is 2.37. The Balaban J connectivity index is 1.35. The van der Waals surface area contributed by atoms with Crippen molar-refractivity contribution >= 4 is 5.91 Å². The number of carbonyl (C=O) groups is 1. The quantitative estimate of drug-likeness (QED) is 0.285.